The van der Waals surface area contributed by atoms with E-state index in [1.165, 1.54) is 0 Å². The molecule has 0 amide bonds. The summed E-state index contributed by atoms with van der Waals surface area (Å²) in [5.41, 5.74) is 2.32. The minimum Gasteiger partial charge on any atom is -0.497 e. The molecule has 0 bridgehead atoms. The van der Waals surface area contributed by atoms with Crippen LogP contribution in [0.1, 0.15) is 11.1 Å². The molecule has 0 aliphatic carbocycles. The van der Waals surface area contributed by atoms with Crippen LogP contribution in [-0.2, 0) is 11.3 Å². The maximum Gasteiger partial charge on any atom is 0.127 e. The highest BCUT2D eigenvalue weighted by molar-refractivity contribution is 5.46. The van der Waals surface area contributed by atoms with Crippen molar-refractivity contribution in [3.8, 4) is 11.5 Å². The Balaban J connectivity index is 2.75. The second-order valence-electron chi connectivity index (χ2n) is 3.79. The molecule has 0 spiro atoms. The Morgan fingerprint density at radius 1 is 1.12 bits per heavy atom. The molecule has 96 valence electrons. The van der Waals surface area contributed by atoms with Gasteiger partial charge in [-0.3, -0.25) is 0 Å². The second kappa shape index (κ2) is 7.14. The summed E-state index contributed by atoms with van der Waals surface area (Å²) in [6.07, 6.45) is 0. The number of hydrogen-bond acceptors (Lipinski definition) is 4. The molecular weight excluding hydrogens is 218 g/mol. The Morgan fingerprint density at radius 2 is 1.88 bits per heavy atom. The average molecular weight is 239 g/mol. The molecule has 0 heterocycles. The minimum absolute atomic E-state index is 0.706. The van der Waals surface area contributed by atoms with Gasteiger partial charge in [-0.05, 0) is 18.6 Å². The number of rotatable bonds is 7. The highest BCUT2D eigenvalue weighted by Crippen LogP contribution is 2.28. The zero-order valence-corrected chi connectivity index (χ0v) is 11.0. The van der Waals surface area contributed by atoms with Gasteiger partial charge >= 0.3 is 0 Å². The third kappa shape index (κ3) is 3.91. The van der Waals surface area contributed by atoms with Crippen molar-refractivity contribution in [2.75, 3.05) is 34.5 Å². The maximum atomic E-state index is 5.37. The molecule has 0 atom stereocenters. The zero-order valence-electron chi connectivity index (χ0n) is 11.0. The summed E-state index contributed by atoms with van der Waals surface area (Å²) in [4.78, 5) is 0. The predicted octanol–water partition coefficient (Wildman–Crippen LogP) is 1.75. The maximum absolute atomic E-state index is 5.37. The van der Waals surface area contributed by atoms with Crippen LogP contribution in [-0.4, -0.2) is 34.5 Å². The monoisotopic (exact) mass is 239 g/mol. The van der Waals surface area contributed by atoms with Crippen molar-refractivity contribution in [1.82, 2.24) is 5.32 Å². The largest absolute Gasteiger partial charge is 0.497 e. The number of benzene rings is 1. The smallest absolute Gasteiger partial charge is 0.127 e. The number of hydrogen-bond donors (Lipinski definition) is 1. The number of ether oxygens (including phenoxy) is 3. The Hall–Kier alpha value is -1.26. The molecule has 0 fully saturated rings. The van der Waals surface area contributed by atoms with Gasteiger partial charge < -0.3 is 19.5 Å². The molecule has 17 heavy (non-hydrogen) atoms. The van der Waals surface area contributed by atoms with Crippen LogP contribution in [0, 0.1) is 6.92 Å². The van der Waals surface area contributed by atoms with Gasteiger partial charge in [0, 0.05) is 31.8 Å². The van der Waals surface area contributed by atoms with E-state index < -0.39 is 0 Å². The Labute approximate surface area is 103 Å². The van der Waals surface area contributed by atoms with E-state index in [0.29, 0.717) is 6.61 Å². The molecule has 0 aromatic heterocycles. The number of aryl methyl sites for hydroxylation is 1. The van der Waals surface area contributed by atoms with Gasteiger partial charge in [0.2, 0.25) is 0 Å². The second-order valence-corrected chi connectivity index (χ2v) is 3.79. The van der Waals surface area contributed by atoms with Crippen LogP contribution in [0.3, 0.4) is 0 Å². The SMILES string of the molecule is COCCNCc1c(C)cc(OC)cc1OC. The van der Waals surface area contributed by atoms with Gasteiger partial charge in [0.25, 0.3) is 0 Å². The highest BCUT2D eigenvalue weighted by atomic mass is 16.5. The van der Waals surface area contributed by atoms with Gasteiger partial charge in [0.1, 0.15) is 11.5 Å². The van der Waals surface area contributed by atoms with Crippen LogP contribution < -0.4 is 14.8 Å². The van der Waals surface area contributed by atoms with Gasteiger partial charge in [-0.15, -0.1) is 0 Å². The molecule has 0 aliphatic heterocycles. The first-order valence-corrected chi connectivity index (χ1v) is 5.64. The zero-order chi connectivity index (χ0) is 12.7. The van der Waals surface area contributed by atoms with E-state index in [9.17, 15) is 0 Å². The van der Waals surface area contributed by atoms with Crippen molar-refractivity contribution in [3.63, 3.8) is 0 Å². The van der Waals surface area contributed by atoms with Crippen LogP contribution in [0.4, 0.5) is 0 Å². The minimum atomic E-state index is 0.706. The summed E-state index contributed by atoms with van der Waals surface area (Å²) in [5.74, 6) is 1.67. The van der Waals surface area contributed by atoms with Crippen LogP contribution in [0.2, 0.25) is 0 Å². The van der Waals surface area contributed by atoms with Gasteiger partial charge in [-0.1, -0.05) is 0 Å². The molecule has 0 radical (unpaired) electrons. The highest BCUT2D eigenvalue weighted by Gasteiger charge is 2.08. The van der Waals surface area contributed by atoms with Crippen LogP contribution in [0.15, 0.2) is 12.1 Å². The van der Waals surface area contributed by atoms with E-state index in [-0.39, 0.29) is 0 Å². The molecule has 4 heteroatoms. The van der Waals surface area contributed by atoms with Gasteiger partial charge in [0.05, 0.1) is 20.8 Å². The van der Waals surface area contributed by atoms with Crippen LogP contribution in [0.25, 0.3) is 0 Å². The molecule has 4 nitrogen and oxygen atoms in total. The molecule has 0 unspecified atom stereocenters. The lowest BCUT2D eigenvalue weighted by atomic mass is 10.1. The summed E-state index contributed by atoms with van der Waals surface area (Å²) < 4.78 is 15.6. The molecule has 0 saturated carbocycles. The lowest BCUT2D eigenvalue weighted by Gasteiger charge is -2.14. The fourth-order valence-corrected chi connectivity index (χ4v) is 1.67. The van der Waals surface area contributed by atoms with E-state index in [4.69, 9.17) is 14.2 Å². The molecule has 1 aromatic carbocycles. The first-order valence-electron chi connectivity index (χ1n) is 5.64. The lowest BCUT2D eigenvalue weighted by Crippen LogP contribution is -2.19. The third-order valence-electron chi connectivity index (χ3n) is 2.65. The molecular formula is C13H21NO3. The van der Waals surface area contributed by atoms with Crippen molar-refractivity contribution < 1.29 is 14.2 Å². The summed E-state index contributed by atoms with van der Waals surface area (Å²) in [5, 5.41) is 3.31. The predicted molar refractivity (Wildman–Crippen MR) is 67.9 cm³/mol. The Bertz CT molecular complexity index is 353. The fourth-order valence-electron chi connectivity index (χ4n) is 1.67. The van der Waals surface area contributed by atoms with E-state index in [0.717, 1.165) is 35.7 Å². The standard InChI is InChI=1S/C13H21NO3/c1-10-7-11(16-3)8-13(17-4)12(10)9-14-5-6-15-2/h7-8,14H,5-6,9H2,1-4H3. The molecule has 0 saturated heterocycles. The summed E-state index contributed by atoms with van der Waals surface area (Å²) in [6, 6.07) is 3.91. The lowest BCUT2D eigenvalue weighted by molar-refractivity contribution is 0.199. The van der Waals surface area contributed by atoms with E-state index in [2.05, 4.69) is 12.2 Å². The van der Waals surface area contributed by atoms with Crippen molar-refractivity contribution in [2.24, 2.45) is 0 Å². The summed E-state index contributed by atoms with van der Waals surface area (Å²) in [7, 11) is 5.03. The summed E-state index contributed by atoms with van der Waals surface area (Å²) in [6.45, 7) is 4.35. The summed E-state index contributed by atoms with van der Waals surface area (Å²) >= 11 is 0. The van der Waals surface area contributed by atoms with Gasteiger partial charge in [-0.25, -0.2) is 0 Å². The van der Waals surface area contributed by atoms with Gasteiger partial charge in [-0.2, -0.15) is 0 Å². The van der Waals surface area contributed by atoms with Crippen LogP contribution >= 0.6 is 0 Å². The number of nitrogens with one attached hydrogen (secondary N) is 1. The first kappa shape index (κ1) is 13.8. The Morgan fingerprint density at radius 3 is 2.47 bits per heavy atom. The fraction of sp³-hybridized carbons (Fsp3) is 0.538. The molecule has 1 N–H and O–H groups in total. The molecule has 1 aromatic rings. The number of methoxy groups -OCH3 is 3. The quantitative estimate of drug-likeness (QED) is 0.736. The van der Waals surface area contributed by atoms with Gasteiger partial charge in [0.15, 0.2) is 0 Å². The normalized spacial score (nSPS) is 10.4. The van der Waals surface area contributed by atoms with E-state index >= 15 is 0 Å². The van der Waals surface area contributed by atoms with Crippen molar-refractivity contribution in [3.05, 3.63) is 23.3 Å². The van der Waals surface area contributed by atoms with Crippen molar-refractivity contribution >= 4 is 0 Å². The topological polar surface area (TPSA) is 39.7 Å². The molecule has 0 aliphatic rings. The van der Waals surface area contributed by atoms with Crippen molar-refractivity contribution in [1.29, 1.82) is 0 Å². The third-order valence-corrected chi connectivity index (χ3v) is 2.65. The van der Waals surface area contributed by atoms with E-state index in [1.807, 2.05) is 12.1 Å². The Kier molecular flexibility index (Phi) is 5.80. The molecule has 1 rings (SSSR count). The first-order chi connectivity index (χ1) is 8.22. The van der Waals surface area contributed by atoms with Crippen molar-refractivity contribution in [2.45, 2.75) is 13.5 Å². The average Bonchev–Trinajstić information content (AvgIpc) is 2.35. The van der Waals surface area contributed by atoms with Crippen LogP contribution in [0.5, 0.6) is 11.5 Å². The van der Waals surface area contributed by atoms with E-state index in [1.54, 1.807) is 21.3 Å².